The Morgan fingerprint density at radius 3 is 2.38 bits per heavy atom. The highest BCUT2D eigenvalue weighted by atomic mass is 16.5. The van der Waals surface area contributed by atoms with Gasteiger partial charge in [-0.1, -0.05) is 12.8 Å². The van der Waals surface area contributed by atoms with Crippen LogP contribution < -0.4 is 0 Å². The average molecular weight is 186 g/mol. The van der Waals surface area contributed by atoms with Crippen LogP contribution in [0.5, 0.6) is 0 Å². The minimum absolute atomic E-state index is 0.0972. The fourth-order valence-electron chi connectivity index (χ4n) is 2.23. The smallest absolute Gasteiger partial charge is 0.308 e. The summed E-state index contributed by atoms with van der Waals surface area (Å²) >= 11 is 0. The molecule has 0 heterocycles. The Balaban J connectivity index is 2.54. The van der Waals surface area contributed by atoms with Gasteiger partial charge in [0.05, 0.1) is 12.0 Å². The molecule has 1 aliphatic carbocycles. The largest absolute Gasteiger partial charge is 0.481 e. The third-order valence-electron chi connectivity index (χ3n) is 3.02. The number of carboxylic acid groups (broad SMARTS) is 1. The van der Waals surface area contributed by atoms with Crippen molar-refractivity contribution >= 4 is 5.97 Å². The predicted octanol–water partition coefficient (Wildman–Crippen LogP) is 1.91. The molecule has 1 N–H and O–H groups in total. The lowest BCUT2D eigenvalue weighted by atomic mass is 9.91. The number of aliphatic carboxylic acids is 1. The van der Waals surface area contributed by atoms with Gasteiger partial charge in [0.1, 0.15) is 0 Å². The van der Waals surface area contributed by atoms with Crippen molar-refractivity contribution in [1.29, 1.82) is 0 Å². The topological polar surface area (TPSA) is 46.5 Å². The van der Waals surface area contributed by atoms with Gasteiger partial charge in [-0.25, -0.2) is 0 Å². The van der Waals surface area contributed by atoms with Gasteiger partial charge in [-0.2, -0.15) is 0 Å². The average Bonchev–Trinajstić information content (AvgIpc) is 2.58. The van der Waals surface area contributed by atoms with Gasteiger partial charge in [-0.15, -0.1) is 0 Å². The Hall–Kier alpha value is -0.570. The lowest BCUT2D eigenvalue weighted by Gasteiger charge is -2.25. The summed E-state index contributed by atoms with van der Waals surface area (Å²) in [6.07, 6.45) is 4.58. The first kappa shape index (κ1) is 10.5. The Morgan fingerprint density at radius 1 is 1.46 bits per heavy atom. The van der Waals surface area contributed by atoms with Gasteiger partial charge in [-0.05, 0) is 25.7 Å². The maximum absolute atomic E-state index is 10.8. The Kier molecular flexibility index (Phi) is 3.72. The number of carbonyl (C=O) groups is 1. The Labute approximate surface area is 79.1 Å². The lowest BCUT2D eigenvalue weighted by Crippen LogP contribution is -2.33. The van der Waals surface area contributed by atoms with Crippen molar-refractivity contribution < 1.29 is 14.6 Å². The Bertz CT molecular complexity index is 173. The van der Waals surface area contributed by atoms with Crippen LogP contribution in [0.15, 0.2) is 0 Å². The molecule has 0 aromatic heterocycles. The fourth-order valence-corrected chi connectivity index (χ4v) is 2.23. The van der Waals surface area contributed by atoms with E-state index in [0.717, 1.165) is 12.8 Å². The molecule has 0 amide bonds. The van der Waals surface area contributed by atoms with Crippen LogP contribution in [0.4, 0.5) is 0 Å². The minimum Gasteiger partial charge on any atom is -0.481 e. The van der Waals surface area contributed by atoms with Crippen LogP contribution in [0.2, 0.25) is 0 Å². The van der Waals surface area contributed by atoms with Crippen molar-refractivity contribution in [2.24, 2.45) is 11.8 Å². The quantitative estimate of drug-likeness (QED) is 0.729. The second-order valence-electron chi connectivity index (χ2n) is 3.87. The lowest BCUT2D eigenvalue weighted by molar-refractivity contribution is -0.147. The first-order chi connectivity index (χ1) is 6.16. The molecule has 1 fully saturated rings. The first-order valence-corrected chi connectivity index (χ1v) is 4.92. The molecule has 0 aromatic carbocycles. The summed E-state index contributed by atoms with van der Waals surface area (Å²) in [6, 6.07) is 0. The van der Waals surface area contributed by atoms with Crippen LogP contribution in [0.3, 0.4) is 0 Å². The maximum atomic E-state index is 10.8. The number of carboxylic acids is 1. The van der Waals surface area contributed by atoms with Crippen LogP contribution in [0, 0.1) is 11.8 Å². The van der Waals surface area contributed by atoms with Crippen LogP contribution in [0.25, 0.3) is 0 Å². The zero-order valence-corrected chi connectivity index (χ0v) is 8.32. The molecule has 0 saturated heterocycles. The molecule has 3 heteroatoms. The monoisotopic (exact) mass is 186 g/mol. The zero-order valence-electron chi connectivity index (χ0n) is 8.32. The van der Waals surface area contributed by atoms with E-state index in [1.165, 1.54) is 12.8 Å². The van der Waals surface area contributed by atoms with Crippen LogP contribution in [-0.4, -0.2) is 24.3 Å². The molecule has 1 aliphatic rings. The minimum atomic E-state index is -0.751. The second-order valence-corrected chi connectivity index (χ2v) is 3.87. The van der Waals surface area contributed by atoms with E-state index in [1.807, 2.05) is 0 Å². The number of hydrogen-bond donors (Lipinski definition) is 1. The molecule has 2 atom stereocenters. The number of rotatable bonds is 4. The van der Waals surface area contributed by atoms with Crippen molar-refractivity contribution in [3.63, 3.8) is 0 Å². The third-order valence-corrected chi connectivity index (χ3v) is 3.02. The zero-order chi connectivity index (χ0) is 9.84. The third kappa shape index (κ3) is 2.44. The molecule has 0 aliphatic heterocycles. The molecule has 1 saturated carbocycles. The highest BCUT2D eigenvalue weighted by Crippen LogP contribution is 2.32. The molecule has 0 radical (unpaired) electrons. The van der Waals surface area contributed by atoms with Gasteiger partial charge in [0.2, 0.25) is 0 Å². The molecule has 0 bridgehead atoms. The number of ether oxygens (including phenoxy) is 1. The van der Waals surface area contributed by atoms with Gasteiger partial charge < -0.3 is 9.84 Å². The molecule has 0 spiro atoms. The van der Waals surface area contributed by atoms with Crippen molar-refractivity contribution in [3.8, 4) is 0 Å². The maximum Gasteiger partial charge on any atom is 0.308 e. The highest BCUT2D eigenvalue weighted by Gasteiger charge is 2.32. The van der Waals surface area contributed by atoms with E-state index in [9.17, 15) is 4.79 Å². The Morgan fingerprint density at radius 2 is 2.00 bits per heavy atom. The second kappa shape index (κ2) is 4.61. The van der Waals surface area contributed by atoms with Crippen LogP contribution in [0.1, 0.15) is 32.6 Å². The van der Waals surface area contributed by atoms with Gasteiger partial charge in [0.25, 0.3) is 0 Å². The molecule has 0 aromatic rings. The SMILES string of the molecule is CO[C@@H](C1CCCC1)[C@@H](C)C(=O)O. The van der Waals surface area contributed by atoms with Gasteiger partial charge in [0, 0.05) is 7.11 Å². The molecule has 76 valence electrons. The van der Waals surface area contributed by atoms with E-state index in [4.69, 9.17) is 9.84 Å². The van der Waals surface area contributed by atoms with Crippen LogP contribution >= 0.6 is 0 Å². The van der Waals surface area contributed by atoms with E-state index in [0.29, 0.717) is 5.92 Å². The van der Waals surface area contributed by atoms with Crippen molar-refractivity contribution in [1.82, 2.24) is 0 Å². The molecule has 3 nitrogen and oxygen atoms in total. The molecular formula is C10H18O3. The summed E-state index contributed by atoms with van der Waals surface area (Å²) in [4.78, 5) is 10.8. The van der Waals surface area contributed by atoms with Gasteiger partial charge >= 0.3 is 5.97 Å². The van der Waals surface area contributed by atoms with Crippen molar-refractivity contribution in [3.05, 3.63) is 0 Å². The van der Waals surface area contributed by atoms with E-state index >= 15 is 0 Å². The summed E-state index contributed by atoms with van der Waals surface area (Å²) in [5.41, 5.74) is 0. The van der Waals surface area contributed by atoms with Gasteiger partial charge in [0.15, 0.2) is 0 Å². The van der Waals surface area contributed by atoms with E-state index in [2.05, 4.69) is 0 Å². The van der Waals surface area contributed by atoms with E-state index < -0.39 is 5.97 Å². The fraction of sp³-hybridized carbons (Fsp3) is 0.900. The number of methoxy groups -OCH3 is 1. The first-order valence-electron chi connectivity index (χ1n) is 4.92. The summed E-state index contributed by atoms with van der Waals surface area (Å²) in [5.74, 6) is -0.678. The molecule has 1 rings (SSSR count). The van der Waals surface area contributed by atoms with Crippen molar-refractivity contribution in [2.45, 2.75) is 38.7 Å². The standard InChI is InChI=1S/C10H18O3/c1-7(10(11)12)9(13-2)8-5-3-4-6-8/h7-9H,3-6H2,1-2H3,(H,11,12)/t7-,9-/m1/s1. The normalized spacial score (nSPS) is 22.9. The summed E-state index contributed by atoms with van der Waals surface area (Å²) in [6.45, 7) is 1.73. The number of hydrogen-bond acceptors (Lipinski definition) is 2. The van der Waals surface area contributed by atoms with Gasteiger partial charge in [-0.3, -0.25) is 4.79 Å². The highest BCUT2D eigenvalue weighted by molar-refractivity contribution is 5.70. The molecule has 0 unspecified atom stereocenters. The summed E-state index contributed by atoms with van der Waals surface area (Å²) in [7, 11) is 1.61. The van der Waals surface area contributed by atoms with E-state index in [-0.39, 0.29) is 12.0 Å². The summed E-state index contributed by atoms with van der Waals surface area (Å²) < 4.78 is 5.28. The van der Waals surface area contributed by atoms with E-state index in [1.54, 1.807) is 14.0 Å². The molecule has 13 heavy (non-hydrogen) atoms. The molecular weight excluding hydrogens is 168 g/mol. The van der Waals surface area contributed by atoms with Crippen LogP contribution in [-0.2, 0) is 9.53 Å². The predicted molar refractivity (Wildman–Crippen MR) is 49.6 cm³/mol. The summed E-state index contributed by atoms with van der Waals surface area (Å²) in [5, 5.41) is 8.86. The van der Waals surface area contributed by atoms with Crippen molar-refractivity contribution in [2.75, 3.05) is 7.11 Å².